The van der Waals surface area contributed by atoms with E-state index in [4.69, 9.17) is 4.74 Å². The number of nitrogens with one attached hydrogen (secondary N) is 2. The van der Waals surface area contributed by atoms with Gasteiger partial charge in [-0.15, -0.1) is 0 Å². The molecule has 0 saturated carbocycles. The van der Waals surface area contributed by atoms with Crippen LogP contribution in [0.15, 0.2) is 72.8 Å². The molecule has 0 aliphatic heterocycles. The summed E-state index contributed by atoms with van der Waals surface area (Å²) < 4.78 is 5.18. The van der Waals surface area contributed by atoms with E-state index in [2.05, 4.69) is 10.6 Å². The van der Waals surface area contributed by atoms with E-state index >= 15 is 0 Å². The molecule has 0 radical (unpaired) electrons. The maximum absolute atomic E-state index is 12.5. The fraction of sp³-hybridized carbons (Fsp3) is 0.0909. The standard InChI is InChI=1S/C22H18N2O3/c1-27-19-13-7-6-12-18(19)21(25)24-22(26)23-20-16-10-4-2-8-14(16)15-9-3-5-11-17(15)20/h2-13,20H,1H3,(H2,23,24,25,26). The third kappa shape index (κ3) is 3.04. The lowest BCUT2D eigenvalue weighted by atomic mass is 10.1. The number of hydrogen-bond acceptors (Lipinski definition) is 3. The summed E-state index contributed by atoms with van der Waals surface area (Å²) in [7, 11) is 1.48. The molecule has 0 bridgehead atoms. The number of carbonyl (C=O) groups excluding carboxylic acids is 2. The summed E-state index contributed by atoms with van der Waals surface area (Å²) in [6, 6.07) is 21.8. The first-order chi connectivity index (χ1) is 13.2. The molecule has 3 aromatic carbocycles. The van der Waals surface area contributed by atoms with E-state index in [0.29, 0.717) is 11.3 Å². The second-order valence-corrected chi connectivity index (χ2v) is 6.24. The third-order valence-corrected chi connectivity index (χ3v) is 4.69. The minimum Gasteiger partial charge on any atom is -0.496 e. The molecule has 1 aliphatic rings. The lowest BCUT2D eigenvalue weighted by Gasteiger charge is -2.16. The average molecular weight is 358 g/mol. The summed E-state index contributed by atoms with van der Waals surface area (Å²) in [6.45, 7) is 0. The number of carbonyl (C=O) groups is 2. The van der Waals surface area contributed by atoms with Crippen molar-refractivity contribution in [2.24, 2.45) is 0 Å². The summed E-state index contributed by atoms with van der Waals surface area (Å²) in [5.41, 5.74) is 4.52. The molecule has 2 N–H and O–H groups in total. The van der Waals surface area contributed by atoms with Crippen molar-refractivity contribution < 1.29 is 14.3 Å². The van der Waals surface area contributed by atoms with E-state index in [9.17, 15) is 9.59 Å². The van der Waals surface area contributed by atoms with E-state index in [1.807, 2.05) is 48.5 Å². The van der Waals surface area contributed by atoms with Gasteiger partial charge in [0, 0.05) is 0 Å². The summed E-state index contributed by atoms with van der Waals surface area (Å²) in [5, 5.41) is 5.31. The lowest BCUT2D eigenvalue weighted by Crippen LogP contribution is -2.41. The van der Waals surface area contributed by atoms with Gasteiger partial charge in [0.1, 0.15) is 5.75 Å². The molecule has 3 amide bonds. The molecule has 0 fully saturated rings. The van der Waals surface area contributed by atoms with Crippen LogP contribution in [0, 0.1) is 0 Å². The normalized spacial score (nSPS) is 12.0. The van der Waals surface area contributed by atoms with Crippen LogP contribution >= 0.6 is 0 Å². The Hall–Kier alpha value is -3.60. The number of methoxy groups -OCH3 is 1. The third-order valence-electron chi connectivity index (χ3n) is 4.69. The predicted molar refractivity (Wildman–Crippen MR) is 103 cm³/mol. The highest BCUT2D eigenvalue weighted by Crippen LogP contribution is 2.42. The Morgan fingerprint density at radius 3 is 2.00 bits per heavy atom. The number of ether oxygens (including phenoxy) is 1. The van der Waals surface area contributed by atoms with E-state index in [-0.39, 0.29) is 6.04 Å². The van der Waals surface area contributed by atoms with Gasteiger partial charge in [-0.05, 0) is 34.4 Å². The summed E-state index contributed by atoms with van der Waals surface area (Å²) in [4.78, 5) is 25.0. The largest absolute Gasteiger partial charge is 0.496 e. The molecule has 27 heavy (non-hydrogen) atoms. The van der Waals surface area contributed by atoms with Gasteiger partial charge in [0.25, 0.3) is 5.91 Å². The summed E-state index contributed by atoms with van der Waals surface area (Å²) in [5.74, 6) is -0.0936. The zero-order valence-electron chi connectivity index (χ0n) is 14.7. The van der Waals surface area contributed by atoms with Gasteiger partial charge < -0.3 is 10.1 Å². The van der Waals surface area contributed by atoms with Gasteiger partial charge in [-0.25, -0.2) is 4.79 Å². The van der Waals surface area contributed by atoms with Gasteiger partial charge in [-0.3, -0.25) is 10.1 Å². The quantitative estimate of drug-likeness (QED) is 0.746. The molecule has 1 aliphatic carbocycles. The Morgan fingerprint density at radius 1 is 0.815 bits per heavy atom. The van der Waals surface area contributed by atoms with Crippen molar-refractivity contribution in [1.82, 2.24) is 10.6 Å². The van der Waals surface area contributed by atoms with Gasteiger partial charge in [0.15, 0.2) is 0 Å². The van der Waals surface area contributed by atoms with Crippen LogP contribution in [-0.2, 0) is 0 Å². The highest BCUT2D eigenvalue weighted by Gasteiger charge is 2.29. The molecule has 3 aromatic rings. The SMILES string of the molecule is COc1ccccc1C(=O)NC(=O)NC1c2ccccc2-c2ccccc21. The van der Waals surface area contributed by atoms with Gasteiger partial charge >= 0.3 is 6.03 Å². The highest BCUT2D eigenvalue weighted by atomic mass is 16.5. The Bertz CT molecular complexity index is 984. The second-order valence-electron chi connectivity index (χ2n) is 6.24. The zero-order valence-corrected chi connectivity index (χ0v) is 14.7. The van der Waals surface area contributed by atoms with Crippen molar-refractivity contribution in [3.8, 4) is 16.9 Å². The van der Waals surface area contributed by atoms with Crippen molar-refractivity contribution >= 4 is 11.9 Å². The minimum atomic E-state index is -0.553. The summed E-state index contributed by atoms with van der Waals surface area (Å²) in [6.07, 6.45) is 0. The Kier molecular flexibility index (Phi) is 4.34. The Labute approximate surface area is 157 Å². The number of amides is 3. The van der Waals surface area contributed by atoms with Crippen LogP contribution in [0.25, 0.3) is 11.1 Å². The maximum Gasteiger partial charge on any atom is 0.322 e. The number of urea groups is 1. The number of rotatable bonds is 3. The maximum atomic E-state index is 12.5. The molecular formula is C22H18N2O3. The van der Waals surface area contributed by atoms with E-state index in [1.54, 1.807) is 24.3 Å². The number of para-hydroxylation sites is 1. The topological polar surface area (TPSA) is 67.4 Å². The van der Waals surface area contributed by atoms with Crippen LogP contribution in [-0.4, -0.2) is 19.0 Å². The second kappa shape index (κ2) is 6.96. The molecule has 5 heteroatoms. The Balaban J connectivity index is 1.56. The van der Waals surface area contributed by atoms with Crippen LogP contribution in [0.3, 0.4) is 0 Å². The van der Waals surface area contributed by atoms with Crippen molar-refractivity contribution in [3.63, 3.8) is 0 Å². The molecule has 0 spiro atoms. The fourth-order valence-electron chi connectivity index (χ4n) is 3.48. The molecule has 0 saturated heterocycles. The van der Waals surface area contributed by atoms with Crippen LogP contribution < -0.4 is 15.4 Å². The van der Waals surface area contributed by atoms with Crippen LogP contribution in [0.1, 0.15) is 27.5 Å². The van der Waals surface area contributed by atoms with Crippen molar-refractivity contribution in [2.75, 3.05) is 7.11 Å². The molecule has 0 unspecified atom stereocenters. The van der Waals surface area contributed by atoms with Gasteiger partial charge in [0.2, 0.25) is 0 Å². The van der Waals surface area contributed by atoms with Crippen LogP contribution in [0.4, 0.5) is 4.79 Å². The summed E-state index contributed by atoms with van der Waals surface area (Å²) >= 11 is 0. The molecule has 134 valence electrons. The zero-order chi connectivity index (χ0) is 18.8. The first-order valence-electron chi connectivity index (χ1n) is 8.62. The van der Waals surface area contributed by atoms with Gasteiger partial charge in [-0.1, -0.05) is 60.7 Å². The van der Waals surface area contributed by atoms with Crippen LogP contribution in [0.5, 0.6) is 5.75 Å². The van der Waals surface area contributed by atoms with Gasteiger partial charge in [-0.2, -0.15) is 0 Å². The number of imide groups is 1. The van der Waals surface area contributed by atoms with Gasteiger partial charge in [0.05, 0.1) is 18.7 Å². The number of benzene rings is 3. The molecule has 0 aromatic heterocycles. The van der Waals surface area contributed by atoms with E-state index in [0.717, 1.165) is 22.3 Å². The number of fused-ring (bicyclic) bond motifs is 3. The lowest BCUT2D eigenvalue weighted by molar-refractivity contribution is 0.0960. The van der Waals surface area contributed by atoms with Crippen molar-refractivity contribution in [2.45, 2.75) is 6.04 Å². The first kappa shape index (κ1) is 16.8. The molecular weight excluding hydrogens is 340 g/mol. The Morgan fingerprint density at radius 2 is 1.37 bits per heavy atom. The average Bonchev–Trinajstić information content (AvgIpc) is 3.02. The molecule has 0 heterocycles. The van der Waals surface area contributed by atoms with E-state index < -0.39 is 11.9 Å². The van der Waals surface area contributed by atoms with Crippen molar-refractivity contribution in [3.05, 3.63) is 89.5 Å². The van der Waals surface area contributed by atoms with E-state index in [1.165, 1.54) is 7.11 Å². The predicted octanol–water partition coefficient (Wildman–Crippen LogP) is 3.90. The molecule has 4 rings (SSSR count). The smallest absolute Gasteiger partial charge is 0.322 e. The minimum absolute atomic E-state index is 0.303. The first-order valence-corrected chi connectivity index (χ1v) is 8.62. The fourth-order valence-corrected chi connectivity index (χ4v) is 3.48. The molecule has 0 atom stereocenters. The van der Waals surface area contributed by atoms with Crippen LogP contribution in [0.2, 0.25) is 0 Å². The monoisotopic (exact) mass is 358 g/mol. The van der Waals surface area contributed by atoms with Crippen molar-refractivity contribution in [1.29, 1.82) is 0 Å². The highest BCUT2D eigenvalue weighted by molar-refractivity contribution is 6.06. The number of hydrogen-bond donors (Lipinski definition) is 2. The molecule has 5 nitrogen and oxygen atoms in total.